The van der Waals surface area contributed by atoms with Crippen LogP contribution in [-0.2, 0) is 19.1 Å². The van der Waals surface area contributed by atoms with Gasteiger partial charge in [0.15, 0.2) is 0 Å². The van der Waals surface area contributed by atoms with Gasteiger partial charge in [-0.2, -0.15) is 0 Å². The summed E-state index contributed by atoms with van der Waals surface area (Å²) in [6.07, 6.45) is 12.0. The molecule has 5 saturated carbocycles. The Kier molecular flexibility index (Phi) is 8.42. The second kappa shape index (κ2) is 11.0. The van der Waals surface area contributed by atoms with Crippen molar-refractivity contribution < 1.29 is 24.2 Å². The molecule has 0 aromatic heterocycles. The van der Waals surface area contributed by atoms with Crippen LogP contribution in [0.4, 0.5) is 0 Å². The van der Waals surface area contributed by atoms with E-state index >= 15 is 0 Å². The third-order valence-corrected chi connectivity index (χ3v) is 15.2. The highest BCUT2D eigenvalue weighted by atomic mass is 16.5. The maximum atomic E-state index is 14.1. The first kappa shape index (κ1) is 32.8. The lowest BCUT2D eigenvalue weighted by atomic mass is 9.32. The zero-order valence-electron chi connectivity index (χ0n) is 28.7. The zero-order chi connectivity index (χ0) is 31.8. The van der Waals surface area contributed by atoms with E-state index in [1.165, 1.54) is 19.3 Å². The number of carboxylic acids is 1. The number of carbonyl (C=O) groups excluding carboxylic acids is 2. The number of amides is 1. The number of carbonyl (C=O) groups is 3. The highest BCUT2D eigenvalue weighted by molar-refractivity contribution is 5.88. The van der Waals surface area contributed by atoms with Gasteiger partial charge in [0.2, 0.25) is 5.91 Å². The van der Waals surface area contributed by atoms with Crippen LogP contribution in [0.25, 0.3) is 0 Å². The molecule has 0 aromatic carbocycles. The number of hydrogen-bond donors (Lipinski definition) is 2. The first-order valence-corrected chi connectivity index (χ1v) is 17.7. The van der Waals surface area contributed by atoms with Gasteiger partial charge in [0.25, 0.3) is 0 Å². The summed E-state index contributed by atoms with van der Waals surface area (Å²) in [6.45, 7) is 20.8. The van der Waals surface area contributed by atoms with Crippen LogP contribution in [-0.4, -0.2) is 35.1 Å². The minimum atomic E-state index is -0.962. The van der Waals surface area contributed by atoms with Crippen LogP contribution in [0.3, 0.4) is 0 Å². The minimum Gasteiger partial charge on any atom is -0.480 e. The lowest BCUT2D eigenvalue weighted by Gasteiger charge is -2.73. The van der Waals surface area contributed by atoms with E-state index in [1.807, 2.05) is 6.92 Å². The molecule has 1 unspecified atom stereocenters. The number of nitrogens with one attached hydrogen (secondary N) is 1. The van der Waals surface area contributed by atoms with Crippen LogP contribution >= 0.6 is 0 Å². The molecule has 5 aliphatic carbocycles. The molecule has 0 saturated heterocycles. The molecule has 244 valence electrons. The van der Waals surface area contributed by atoms with Crippen molar-refractivity contribution >= 4 is 17.8 Å². The fraction of sp³-hybridized carbons (Fsp3) is 0.919. The van der Waals surface area contributed by atoms with Crippen LogP contribution in [0.2, 0.25) is 0 Å². The van der Waals surface area contributed by atoms with Gasteiger partial charge in [-0.15, -0.1) is 0 Å². The molecule has 0 aliphatic heterocycles. The van der Waals surface area contributed by atoms with E-state index in [1.54, 1.807) is 6.92 Å². The molecule has 0 radical (unpaired) electrons. The molecule has 11 atom stereocenters. The summed E-state index contributed by atoms with van der Waals surface area (Å²) < 4.78 is 6.15. The third kappa shape index (κ3) is 4.72. The quantitative estimate of drug-likeness (QED) is 0.289. The summed E-state index contributed by atoms with van der Waals surface area (Å²) in [5.41, 5.74) is 0.0286. The number of ether oxygens (including phenoxy) is 1. The Bertz CT molecular complexity index is 1120. The number of esters is 1. The Labute approximate surface area is 261 Å². The predicted molar refractivity (Wildman–Crippen MR) is 169 cm³/mol. The van der Waals surface area contributed by atoms with Gasteiger partial charge < -0.3 is 15.2 Å². The van der Waals surface area contributed by atoms with Crippen molar-refractivity contribution in [2.75, 3.05) is 0 Å². The molecule has 5 aliphatic rings. The molecule has 5 rings (SSSR count). The molecule has 0 bridgehead atoms. The molecular formula is C37H61NO5. The van der Waals surface area contributed by atoms with Gasteiger partial charge in [-0.3, -0.25) is 14.4 Å². The van der Waals surface area contributed by atoms with E-state index in [0.29, 0.717) is 41.9 Å². The number of aliphatic carboxylic acids is 1. The first-order valence-electron chi connectivity index (χ1n) is 17.7. The molecule has 6 nitrogen and oxygen atoms in total. The molecule has 0 spiro atoms. The summed E-state index contributed by atoms with van der Waals surface area (Å²) in [7, 11) is 0. The summed E-state index contributed by atoms with van der Waals surface area (Å²) >= 11 is 0. The maximum absolute atomic E-state index is 14.1. The predicted octanol–water partition coefficient (Wildman–Crippen LogP) is 8.03. The molecule has 0 aromatic rings. The van der Waals surface area contributed by atoms with Gasteiger partial charge in [0, 0.05) is 11.8 Å². The lowest BCUT2D eigenvalue weighted by Crippen LogP contribution is -2.67. The Morgan fingerprint density at radius 1 is 0.837 bits per heavy atom. The van der Waals surface area contributed by atoms with Crippen LogP contribution in [0, 0.1) is 62.6 Å². The van der Waals surface area contributed by atoms with Crippen molar-refractivity contribution in [1.29, 1.82) is 0 Å². The van der Waals surface area contributed by atoms with Crippen molar-refractivity contribution in [3.05, 3.63) is 0 Å². The van der Waals surface area contributed by atoms with E-state index in [9.17, 15) is 19.5 Å². The number of hydrogen-bond acceptors (Lipinski definition) is 4. The van der Waals surface area contributed by atoms with E-state index in [0.717, 1.165) is 51.4 Å². The number of fused-ring (bicyclic) bond motifs is 7. The molecule has 5 fully saturated rings. The van der Waals surface area contributed by atoms with Gasteiger partial charge >= 0.3 is 11.9 Å². The van der Waals surface area contributed by atoms with Crippen molar-refractivity contribution in [2.45, 2.75) is 152 Å². The van der Waals surface area contributed by atoms with Crippen molar-refractivity contribution in [3.63, 3.8) is 0 Å². The fourth-order valence-electron chi connectivity index (χ4n) is 12.8. The van der Waals surface area contributed by atoms with Crippen molar-refractivity contribution in [2.24, 2.45) is 62.6 Å². The van der Waals surface area contributed by atoms with Crippen LogP contribution in [0.1, 0.15) is 139 Å². The lowest BCUT2D eigenvalue weighted by molar-refractivity contribution is -0.250. The largest absolute Gasteiger partial charge is 0.480 e. The van der Waals surface area contributed by atoms with Crippen LogP contribution in [0.5, 0.6) is 0 Å². The van der Waals surface area contributed by atoms with Crippen molar-refractivity contribution in [1.82, 2.24) is 5.32 Å². The normalized spacial score (nSPS) is 45.6. The third-order valence-electron chi connectivity index (χ3n) is 15.2. The first-order chi connectivity index (χ1) is 20.0. The summed E-state index contributed by atoms with van der Waals surface area (Å²) in [5, 5.41) is 12.5. The summed E-state index contributed by atoms with van der Waals surface area (Å²) in [5.74, 6) is 1.91. The Morgan fingerprint density at radius 3 is 2.16 bits per heavy atom. The van der Waals surface area contributed by atoms with Crippen LogP contribution < -0.4 is 5.32 Å². The summed E-state index contributed by atoms with van der Waals surface area (Å²) in [4.78, 5) is 38.4. The number of carboxylic acid groups (broad SMARTS) is 1. The maximum Gasteiger partial charge on any atom is 0.325 e. The summed E-state index contributed by atoms with van der Waals surface area (Å²) in [6, 6.07) is -0.864. The van der Waals surface area contributed by atoms with Crippen LogP contribution in [0.15, 0.2) is 0 Å². The molecule has 1 amide bonds. The van der Waals surface area contributed by atoms with Gasteiger partial charge in [0.05, 0.1) is 5.41 Å². The van der Waals surface area contributed by atoms with E-state index in [2.05, 4.69) is 53.8 Å². The van der Waals surface area contributed by atoms with Gasteiger partial charge in [0.1, 0.15) is 12.1 Å². The number of rotatable bonds is 7. The molecule has 2 N–H and O–H groups in total. The standard InChI is InChI=1S/C37H61NO5/c1-10-11-29(39)43-28-16-17-34(7)26(33(28,5)6)15-18-36(9)27(34)13-12-25-30-24(22(2)3)14-19-37(30,21-20-35(25,36)8)32(42)38-23(4)31(40)41/h22-28,30H,10-21H2,1-9H3,(H,38,42)(H,40,41)/t23-,24+,25?,26+,27-,28-,30+,34+,35-,36-,37+/m1/s1. The van der Waals surface area contributed by atoms with E-state index in [-0.39, 0.29) is 39.6 Å². The minimum absolute atomic E-state index is 0.00163. The highest BCUT2D eigenvalue weighted by Gasteiger charge is 2.72. The molecule has 6 heteroatoms. The topological polar surface area (TPSA) is 92.7 Å². The Hall–Kier alpha value is -1.59. The Balaban J connectivity index is 1.47. The second-order valence-corrected chi connectivity index (χ2v) is 17.4. The monoisotopic (exact) mass is 599 g/mol. The highest BCUT2D eigenvalue weighted by Crippen LogP contribution is 2.77. The van der Waals surface area contributed by atoms with Gasteiger partial charge in [-0.1, -0.05) is 55.4 Å². The molecule has 0 heterocycles. The SMILES string of the molecule is CCCC(=O)O[C@@H]1CC[C@]2(C)[C@H]3CCC4[C@@H]5[C@H](C(C)C)CC[C@]5(C(=O)N[C@H](C)C(=O)O)CC[C@@]4(C)[C@]3(C)CC[C@H]2C1(C)C. The van der Waals surface area contributed by atoms with E-state index in [4.69, 9.17) is 4.74 Å². The molecule has 43 heavy (non-hydrogen) atoms. The van der Waals surface area contributed by atoms with E-state index < -0.39 is 17.4 Å². The van der Waals surface area contributed by atoms with Crippen molar-refractivity contribution in [3.8, 4) is 0 Å². The zero-order valence-corrected chi connectivity index (χ0v) is 28.7. The molecular weight excluding hydrogens is 538 g/mol. The average Bonchev–Trinajstić information content (AvgIpc) is 3.32. The fourth-order valence-corrected chi connectivity index (χ4v) is 12.8. The van der Waals surface area contributed by atoms with Gasteiger partial charge in [-0.05, 0) is 129 Å². The Morgan fingerprint density at radius 2 is 1.53 bits per heavy atom. The van der Waals surface area contributed by atoms with Gasteiger partial charge in [-0.25, -0.2) is 0 Å². The average molecular weight is 600 g/mol. The second-order valence-electron chi connectivity index (χ2n) is 17.4. The smallest absolute Gasteiger partial charge is 0.325 e.